The van der Waals surface area contributed by atoms with E-state index >= 15 is 0 Å². The average Bonchev–Trinajstić information content (AvgIpc) is 2.29. The zero-order valence-electron chi connectivity index (χ0n) is 12.2. The molecule has 0 aliphatic heterocycles. The Morgan fingerprint density at radius 1 is 0.944 bits per heavy atom. The first-order valence-corrected chi connectivity index (χ1v) is 7.49. The number of carboxylic acids is 1. The first-order chi connectivity index (χ1) is 8.63. The van der Waals surface area contributed by atoms with Crippen molar-refractivity contribution in [2.45, 2.75) is 78.1 Å². The van der Waals surface area contributed by atoms with Crippen LogP contribution in [0.2, 0.25) is 0 Å². The molecule has 0 saturated heterocycles. The first-order valence-electron chi connectivity index (χ1n) is 7.49. The lowest BCUT2D eigenvalue weighted by molar-refractivity contribution is -0.137. The number of allylic oxidation sites excluding steroid dienone is 2. The summed E-state index contributed by atoms with van der Waals surface area (Å²) in [6.45, 7) is 4.54. The fourth-order valence-electron chi connectivity index (χ4n) is 1.95. The lowest BCUT2D eigenvalue weighted by Crippen LogP contribution is -1.93. The predicted octanol–water partition coefficient (Wildman–Crippen LogP) is 5.18. The van der Waals surface area contributed by atoms with Crippen molar-refractivity contribution in [3.8, 4) is 0 Å². The molecule has 0 atom stereocenters. The Labute approximate surface area is 112 Å². The maximum Gasteiger partial charge on any atom is 0.303 e. The minimum absolute atomic E-state index is 0.329. The molecule has 0 aliphatic carbocycles. The molecule has 106 valence electrons. The summed E-state index contributed by atoms with van der Waals surface area (Å²) < 4.78 is 0. The molecule has 2 heteroatoms. The number of hydrogen-bond acceptors (Lipinski definition) is 1. The molecule has 0 bridgehead atoms. The highest BCUT2D eigenvalue weighted by Gasteiger charge is 1.95. The van der Waals surface area contributed by atoms with Crippen molar-refractivity contribution in [2.75, 3.05) is 0 Å². The third-order valence-corrected chi connectivity index (χ3v) is 3.08. The zero-order valence-corrected chi connectivity index (χ0v) is 12.2. The molecule has 2 nitrogen and oxygen atoms in total. The van der Waals surface area contributed by atoms with Gasteiger partial charge in [0, 0.05) is 6.42 Å². The molecule has 0 aromatic rings. The number of rotatable bonds is 12. The van der Waals surface area contributed by atoms with Gasteiger partial charge in [-0.25, -0.2) is 0 Å². The molecule has 0 radical (unpaired) electrons. The van der Waals surface area contributed by atoms with E-state index in [-0.39, 0.29) is 0 Å². The number of hydrogen-bond donors (Lipinski definition) is 1. The van der Waals surface area contributed by atoms with Crippen molar-refractivity contribution in [3.63, 3.8) is 0 Å². The summed E-state index contributed by atoms with van der Waals surface area (Å²) in [7, 11) is 0. The minimum atomic E-state index is -0.667. The molecule has 0 amide bonds. The van der Waals surface area contributed by atoms with Crippen molar-refractivity contribution >= 4 is 5.97 Å². The second kappa shape index (κ2) is 12.7. The number of carbonyl (C=O) groups is 1. The van der Waals surface area contributed by atoms with Crippen LogP contribution in [0.5, 0.6) is 0 Å². The van der Waals surface area contributed by atoms with Crippen molar-refractivity contribution in [2.24, 2.45) is 5.92 Å². The Morgan fingerprint density at radius 2 is 1.50 bits per heavy atom. The van der Waals surface area contributed by atoms with Gasteiger partial charge in [0.1, 0.15) is 0 Å². The van der Waals surface area contributed by atoms with Crippen LogP contribution >= 0.6 is 0 Å². The van der Waals surface area contributed by atoms with E-state index in [9.17, 15) is 4.79 Å². The molecule has 0 rings (SSSR count). The average molecular weight is 254 g/mol. The summed E-state index contributed by atoms with van der Waals surface area (Å²) in [5.74, 6) is 0.156. The van der Waals surface area contributed by atoms with E-state index in [1.807, 2.05) is 0 Å². The Hall–Kier alpha value is -0.790. The van der Waals surface area contributed by atoms with Gasteiger partial charge in [-0.1, -0.05) is 51.7 Å². The van der Waals surface area contributed by atoms with Crippen LogP contribution in [-0.4, -0.2) is 11.1 Å². The maximum absolute atomic E-state index is 10.3. The van der Waals surface area contributed by atoms with Crippen LogP contribution in [0.4, 0.5) is 0 Å². The van der Waals surface area contributed by atoms with E-state index in [1.54, 1.807) is 0 Å². The summed E-state index contributed by atoms with van der Waals surface area (Å²) in [6, 6.07) is 0. The van der Waals surface area contributed by atoms with Gasteiger partial charge in [-0.15, -0.1) is 0 Å². The van der Waals surface area contributed by atoms with Gasteiger partial charge in [-0.3, -0.25) is 4.79 Å². The topological polar surface area (TPSA) is 37.3 Å². The SMILES string of the molecule is CC(C)CCC/C=C\CCCCCCCC(=O)O. The monoisotopic (exact) mass is 254 g/mol. The van der Waals surface area contributed by atoms with Gasteiger partial charge in [0.2, 0.25) is 0 Å². The smallest absolute Gasteiger partial charge is 0.303 e. The zero-order chi connectivity index (χ0) is 13.6. The summed E-state index contributed by atoms with van der Waals surface area (Å²) in [5.41, 5.74) is 0. The molecule has 0 spiro atoms. The third kappa shape index (κ3) is 15.2. The van der Waals surface area contributed by atoms with E-state index in [1.165, 1.54) is 44.9 Å². The second-order valence-corrected chi connectivity index (χ2v) is 5.50. The van der Waals surface area contributed by atoms with Gasteiger partial charge >= 0.3 is 5.97 Å². The fraction of sp³-hybridized carbons (Fsp3) is 0.812. The van der Waals surface area contributed by atoms with Gasteiger partial charge in [-0.05, 0) is 38.0 Å². The molecule has 1 N–H and O–H groups in total. The molecule has 0 unspecified atom stereocenters. The first kappa shape index (κ1) is 17.2. The van der Waals surface area contributed by atoms with Crippen molar-refractivity contribution in [1.82, 2.24) is 0 Å². The van der Waals surface area contributed by atoms with Gasteiger partial charge in [0.05, 0.1) is 0 Å². The number of aliphatic carboxylic acids is 1. The molecule has 0 aromatic heterocycles. The van der Waals surface area contributed by atoms with Crippen LogP contribution in [0, 0.1) is 5.92 Å². The molecule has 0 saturated carbocycles. The number of carboxylic acid groups (broad SMARTS) is 1. The van der Waals surface area contributed by atoms with Gasteiger partial charge < -0.3 is 5.11 Å². The Kier molecular flexibility index (Phi) is 12.1. The van der Waals surface area contributed by atoms with Crippen LogP contribution in [0.1, 0.15) is 78.1 Å². The fourth-order valence-corrected chi connectivity index (χ4v) is 1.95. The molecule has 0 fully saturated rings. The highest BCUT2D eigenvalue weighted by atomic mass is 16.4. The number of unbranched alkanes of at least 4 members (excludes halogenated alkanes) is 6. The standard InChI is InChI=1S/C16H30O2/c1-15(2)13-11-9-7-5-3-4-6-8-10-12-14-16(17)18/h5,7,15H,3-4,6,8-14H2,1-2H3,(H,17,18)/b7-5-. The van der Waals surface area contributed by atoms with E-state index in [0.29, 0.717) is 6.42 Å². The van der Waals surface area contributed by atoms with Gasteiger partial charge in [0.25, 0.3) is 0 Å². The maximum atomic E-state index is 10.3. The predicted molar refractivity (Wildman–Crippen MR) is 77.8 cm³/mol. The summed E-state index contributed by atoms with van der Waals surface area (Å²) >= 11 is 0. The third-order valence-electron chi connectivity index (χ3n) is 3.08. The highest BCUT2D eigenvalue weighted by Crippen LogP contribution is 2.09. The van der Waals surface area contributed by atoms with Crippen LogP contribution in [0.3, 0.4) is 0 Å². The quantitative estimate of drug-likeness (QED) is 0.384. The Bertz CT molecular complexity index is 219. The second-order valence-electron chi connectivity index (χ2n) is 5.50. The normalized spacial score (nSPS) is 11.5. The molecule has 0 heterocycles. The lowest BCUT2D eigenvalue weighted by Gasteiger charge is -2.01. The lowest BCUT2D eigenvalue weighted by atomic mass is 10.1. The van der Waals surface area contributed by atoms with Gasteiger partial charge in [0.15, 0.2) is 0 Å². The van der Waals surface area contributed by atoms with E-state index in [4.69, 9.17) is 5.11 Å². The van der Waals surface area contributed by atoms with E-state index in [2.05, 4.69) is 26.0 Å². The molecular formula is C16H30O2. The van der Waals surface area contributed by atoms with E-state index in [0.717, 1.165) is 18.8 Å². The largest absolute Gasteiger partial charge is 0.481 e. The Balaban J connectivity index is 3.10. The summed E-state index contributed by atoms with van der Waals surface area (Å²) in [6.07, 6.45) is 15.5. The molecular weight excluding hydrogens is 224 g/mol. The van der Waals surface area contributed by atoms with Crippen LogP contribution < -0.4 is 0 Å². The molecule has 0 aromatic carbocycles. The van der Waals surface area contributed by atoms with E-state index < -0.39 is 5.97 Å². The molecule has 18 heavy (non-hydrogen) atoms. The summed E-state index contributed by atoms with van der Waals surface area (Å²) in [5, 5.41) is 8.48. The van der Waals surface area contributed by atoms with Crippen LogP contribution in [-0.2, 0) is 4.79 Å². The summed E-state index contributed by atoms with van der Waals surface area (Å²) in [4.78, 5) is 10.3. The molecule has 0 aliphatic rings. The van der Waals surface area contributed by atoms with Crippen molar-refractivity contribution < 1.29 is 9.90 Å². The Morgan fingerprint density at radius 3 is 2.11 bits per heavy atom. The highest BCUT2D eigenvalue weighted by molar-refractivity contribution is 5.66. The van der Waals surface area contributed by atoms with Crippen LogP contribution in [0.25, 0.3) is 0 Å². The van der Waals surface area contributed by atoms with Crippen LogP contribution in [0.15, 0.2) is 12.2 Å². The minimum Gasteiger partial charge on any atom is -0.481 e. The van der Waals surface area contributed by atoms with Gasteiger partial charge in [-0.2, -0.15) is 0 Å². The van der Waals surface area contributed by atoms with Crippen molar-refractivity contribution in [1.29, 1.82) is 0 Å². The van der Waals surface area contributed by atoms with Crippen molar-refractivity contribution in [3.05, 3.63) is 12.2 Å².